The van der Waals surface area contributed by atoms with Crippen molar-refractivity contribution in [1.29, 1.82) is 5.26 Å². The Morgan fingerprint density at radius 3 is 2.88 bits per heavy atom. The molecule has 0 unspecified atom stereocenters. The Morgan fingerprint density at radius 2 is 2.16 bits per heavy atom. The molecular formula is C22H23N7O3. The standard InChI is InChI=1S/C22H23N7O3/c1-2-10-29-19-17(21(31)28-22(29)32)15(11-16(27-19)13-5-6-13)20(30)26-9-8-25-18-14(12-23)4-3-7-24-18/h3-4,7,11,13H,2,5-6,8-10H2,1H3,(H,24,25)(H,26,30)(H,28,31,32). The Balaban J connectivity index is 1.60. The van der Waals surface area contributed by atoms with Crippen LogP contribution >= 0.6 is 0 Å². The van der Waals surface area contributed by atoms with Crippen LogP contribution in [0.1, 0.15) is 53.7 Å². The zero-order valence-corrected chi connectivity index (χ0v) is 17.6. The van der Waals surface area contributed by atoms with Crippen LogP contribution in [0, 0.1) is 11.3 Å². The van der Waals surface area contributed by atoms with Gasteiger partial charge in [0, 0.05) is 37.4 Å². The smallest absolute Gasteiger partial charge is 0.329 e. The molecule has 4 rings (SSSR count). The van der Waals surface area contributed by atoms with Crippen molar-refractivity contribution in [2.24, 2.45) is 0 Å². The number of nitrogens with zero attached hydrogens (tertiary/aromatic N) is 4. The normalized spacial score (nSPS) is 13.0. The summed E-state index contributed by atoms with van der Waals surface area (Å²) in [7, 11) is 0. The van der Waals surface area contributed by atoms with Gasteiger partial charge in [-0.05, 0) is 37.5 Å². The Bertz CT molecular complexity index is 1330. The maximum absolute atomic E-state index is 13.0. The first-order valence-corrected chi connectivity index (χ1v) is 10.6. The summed E-state index contributed by atoms with van der Waals surface area (Å²) in [5, 5.41) is 15.1. The predicted octanol–water partition coefficient (Wildman–Crippen LogP) is 1.48. The van der Waals surface area contributed by atoms with Crippen LogP contribution in [0.5, 0.6) is 0 Å². The maximum Gasteiger partial charge on any atom is 0.329 e. The van der Waals surface area contributed by atoms with Crippen molar-refractivity contribution in [3.05, 3.63) is 62.1 Å². The zero-order valence-electron chi connectivity index (χ0n) is 17.6. The van der Waals surface area contributed by atoms with Gasteiger partial charge in [0.15, 0.2) is 5.65 Å². The van der Waals surface area contributed by atoms with Crippen LogP contribution in [0.2, 0.25) is 0 Å². The molecule has 1 fully saturated rings. The fourth-order valence-corrected chi connectivity index (χ4v) is 3.58. The van der Waals surface area contributed by atoms with Crippen molar-refractivity contribution in [3.8, 4) is 6.07 Å². The number of hydrogen-bond acceptors (Lipinski definition) is 7. The number of aryl methyl sites for hydroxylation is 1. The van der Waals surface area contributed by atoms with E-state index in [0.717, 1.165) is 18.5 Å². The molecule has 0 saturated heterocycles. The van der Waals surface area contributed by atoms with Crippen LogP contribution in [-0.4, -0.2) is 38.5 Å². The molecule has 0 spiro atoms. The van der Waals surface area contributed by atoms with E-state index >= 15 is 0 Å². The van der Waals surface area contributed by atoms with Crippen LogP contribution < -0.4 is 21.9 Å². The number of anilines is 1. The molecular weight excluding hydrogens is 410 g/mol. The van der Waals surface area contributed by atoms with Crippen molar-refractivity contribution in [1.82, 2.24) is 24.8 Å². The SMILES string of the molecule is CCCn1c(=O)[nH]c(=O)c2c(C(=O)NCCNc3ncccc3C#N)cc(C3CC3)nc21. The summed E-state index contributed by atoms with van der Waals surface area (Å²) >= 11 is 0. The van der Waals surface area contributed by atoms with Gasteiger partial charge in [-0.3, -0.25) is 19.1 Å². The van der Waals surface area contributed by atoms with Crippen LogP contribution in [0.3, 0.4) is 0 Å². The number of fused-ring (bicyclic) bond motifs is 1. The highest BCUT2D eigenvalue weighted by Crippen LogP contribution is 2.39. The van der Waals surface area contributed by atoms with Gasteiger partial charge in [-0.2, -0.15) is 5.26 Å². The maximum atomic E-state index is 13.0. The third-order valence-electron chi connectivity index (χ3n) is 5.29. The number of nitriles is 1. The summed E-state index contributed by atoms with van der Waals surface area (Å²) in [6.45, 7) is 2.90. The molecule has 0 radical (unpaired) electrons. The van der Waals surface area contributed by atoms with Crippen LogP contribution in [0.4, 0.5) is 5.82 Å². The number of rotatable bonds is 8. The summed E-state index contributed by atoms with van der Waals surface area (Å²) in [6, 6.07) is 7.04. The van der Waals surface area contributed by atoms with Gasteiger partial charge in [-0.15, -0.1) is 0 Å². The number of pyridine rings is 2. The van der Waals surface area contributed by atoms with Gasteiger partial charge >= 0.3 is 5.69 Å². The first kappa shape index (κ1) is 21.2. The van der Waals surface area contributed by atoms with Gasteiger partial charge < -0.3 is 10.6 Å². The third-order valence-corrected chi connectivity index (χ3v) is 5.29. The summed E-state index contributed by atoms with van der Waals surface area (Å²) in [5.41, 5.74) is 0.446. The molecule has 1 amide bonds. The average molecular weight is 433 g/mol. The van der Waals surface area contributed by atoms with Crippen LogP contribution in [-0.2, 0) is 6.54 Å². The molecule has 0 aliphatic heterocycles. The van der Waals surface area contributed by atoms with Crippen molar-refractivity contribution >= 4 is 22.8 Å². The molecule has 32 heavy (non-hydrogen) atoms. The van der Waals surface area contributed by atoms with Gasteiger partial charge in [-0.1, -0.05) is 6.92 Å². The summed E-state index contributed by atoms with van der Waals surface area (Å²) < 4.78 is 1.42. The monoisotopic (exact) mass is 433 g/mol. The van der Waals surface area contributed by atoms with E-state index in [-0.39, 0.29) is 29.1 Å². The lowest BCUT2D eigenvalue weighted by molar-refractivity contribution is 0.0956. The number of amides is 1. The third kappa shape index (κ3) is 4.23. The van der Waals surface area contributed by atoms with Gasteiger partial charge in [0.2, 0.25) is 0 Å². The lowest BCUT2D eigenvalue weighted by Gasteiger charge is -2.13. The quantitative estimate of drug-likeness (QED) is 0.456. The second kappa shape index (κ2) is 9.01. The first-order chi connectivity index (χ1) is 15.5. The first-order valence-electron chi connectivity index (χ1n) is 10.6. The Kier molecular flexibility index (Phi) is 5.98. The minimum absolute atomic E-state index is 0.115. The minimum atomic E-state index is -0.623. The van der Waals surface area contributed by atoms with Gasteiger partial charge in [0.25, 0.3) is 11.5 Å². The van der Waals surface area contributed by atoms with E-state index in [1.165, 1.54) is 4.57 Å². The molecule has 164 valence electrons. The number of carbonyl (C=O) groups excluding carboxylic acids is 1. The molecule has 10 nitrogen and oxygen atoms in total. The molecule has 10 heteroatoms. The molecule has 0 aromatic carbocycles. The predicted molar refractivity (Wildman–Crippen MR) is 119 cm³/mol. The van der Waals surface area contributed by atoms with Crippen molar-refractivity contribution in [2.45, 2.75) is 38.6 Å². The molecule has 1 saturated carbocycles. The second-order valence-corrected chi connectivity index (χ2v) is 7.67. The average Bonchev–Trinajstić information content (AvgIpc) is 3.64. The van der Waals surface area contributed by atoms with E-state index in [9.17, 15) is 14.4 Å². The van der Waals surface area contributed by atoms with Crippen molar-refractivity contribution in [2.75, 3.05) is 18.4 Å². The van der Waals surface area contributed by atoms with Crippen molar-refractivity contribution in [3.63, 3.8) is 0 Å². The number of aromatic amines is 1. The zero-order chi connectivity index (χ0) is 22.7. The molecule has 3 aromatic rings. The topological polar surface area (TPSA) is 146 Å². The van der Waals surface area contributed by atoms with E-state index in [2.05, 4.69) is 31.7 Å². The van der Waals surface area contributed by atoms with E-state index < -0.39 is 17.2 Å². The number of aromatic nitrogens is 4. The Hall–Kier alpha value is -4.00. The molecule has 3 heterocycles. The highest BCUT2D eigenvalue weighted by atomic mass is 16.2. The van der Waals surface area contributed by atoms with E-state index in [1.807, 2.05) is 6.92 Å². The summed E-state index contributed by atoms with van der Waals surface area (Å²) in [5.74, 6) is 0.259. The molecule has 0 bridgehead atoms. The highest BCUT2D eigenvalue weighted by Gasteiger charge is 2.28. The van der Waals surface area contributed by atoms with E-state index in [1.54, 1.807) is 24.4 Å². The van der Waals surface area contributed by atoms with Crippen LogP contribution in [0.25, 0.3) is 11.0 Å². The number of H-pyrrole nitrogens is 1. The molecule has 3 aromatic heterocycles. The lowest BCUT2D eigenvalue weighted by atomic mass is 10.1. The van der Waals surface area contributed by atoms with Crippen molar-refractivity contribution < 1.29 is 4.79 Å². The van der Waals surface area contributed by atoms with E-state index in [4.69, 9.17) is 5.26 Å². The summed E-state index contributed by atoms with van der Waals surface area (Å²) in [4.78, 5) is 49.0. The Labute approximate surface area is 183 Å². The highest BCUT2D eigenvalue weighted by molar-refractivity contribution is 6.05. The molecule has 0 atom stereocenters. The second-order valence-electron chi connectivity index (χ2n) is 7.67. The molecule has 3 N–H and O–H groups in total. The van der Waals surface area contributed by atoms with Crippen LogP contribution in [0.15, 0.2) is 34.0 Å². The minimum Gasteiger partial charge on any atom is -0.367 e. The largest absolute Gasteiger partial charge is 0.367 e. The van der Waals surface area contributed by atoms with Gasteiger partial charge in [0.1, 0.15) is 11.9 Å². The van der Waals surface area contributed by atoms with E-state index in [0.29, 0.717) is 30.9 Å². The van der Waals surface area contributed by atoms with Gasteiger partial charge in [0.05, 0.1) is 16.5 Å². The molecule has 1 aliphatic rings. The fraction of sp³-hybridized carbons (Fsp3) is 0.364. The Morgan fingerprint density at radius 1 is 1.34 bits per heavy atom. The number of hydrogen-bond donors (Lipinski definition) is 3. The van der Waals surface area contributed by atoms with Gasteiger partial charge in [-0.25, -0.2) is 14.8 Å². The number of nitrogens with one attached hydrogen (secondary N) is 3. The lowest BCUT2D eigenvalue weighted by Crippen LogP contribution is -2.34. The number of carbonyl (C=O) groups is 1. The summed E-state index contributed by atoms with van der Waals surface area (Å²) in [6.07, 6.45) is 4.19. The molecule has 1 aliphatic carbocycles. The fourth-order valence-electron chi connectivity index (χ4n) is 3.58.